The molecule has 1 aromatic heterocycles. The van der Waals surface area contributed by atoms with Crippen molar-refractivity contribution in [2.24, 2.45) is 0 Å². The van der Waals surface area contributed by atoms with Crippen LogP contribution >= 0.6 is 0 Å². The van der Waals surface area contributed by atoms with Crippen molar-refractivity contribution >= 4 is 11.6 Å². The van der Waals surface area contributed by atoms with Gasteiger partial charge in [0, 0.05) is 0 Å². The standard InChI is InChI=1S/C19H19N3O2/c1-13-19(14(2)22(21-13)16-6-4-3-5-7-16)20-18(24)12-15-8-10-17(23)11-9-15/h3-11,23H,12H2,1-2H3,(H,20,24). The molecule has 5 heteroatoms. The molecule has 3 rings (SSSR count). The fraction of sp³-hybridized carbons (Fsp3) is 0.158. The van der Waals surface area contributed by atoms with Gasteiger partial charge in [0.2, 0.25) is 5.91 Å². The number of aromatic nitrogens is 2. The first-order valence-electron chi connectivity index (χ1n) is 7.74. The summed E-state index contributed by atoms with van der Waals surface area (Å²) in [5.74, 6) is 0.0782. The minimum Gasteiger partial charge on any atom is -0.508 e. The SMILES string of the molecule is Cc1nn(-c2ccccc2)c(C)c1NC(=O)Cc1ccc(O)cc1. The average molecular weight is 321 g/mol. The molecule has 0 atom stereocenters. The van der Waals surface area contributed by atoms with Crippen molar-refractivity contribution < 1.29 is 9.90 Å². The zero-order valence-electron chi connectivity index (χ0n) is 13.7. The number of phenols is 1. The summed E-state index contributed by atoms with van der Waals surface area (Å²) in [6, 6.07) is 16.4. The smallest absolute Gasteiger partial charge is 0.228 e. The van der Waals surface area contributed by atoms with Gasteiger partial charge in [-0.2, -0.15) is 5.10 Å². The number of carbonyl (C=O) groups is 1. The van der Waals surface area contributed by atoms with E-state index in [0.717, 1.165) is 28.3 Å². The molecule has 122 valence electrons. The van der Waals surface area contributed by atoms with Crippen LogP contribution in [0.25, 0.3) is 5.69 Å². The maximum absolute atomic E-state index is 12.3. The molecule has 2 N–H and O–H groups in total. The number of aryl methyl sites for hydroxylation is 1. The van der Waals surface area contributed by atoms with Gasteiger partial charge < -0.3 is 10.4 Å². The van der Waals surface area contributed by atoms with Crippen LogP contribution in [0.4, 0.5) is 5.69 Å². The predicted octanol–water partition coefficient (Wildman–Crippen LogP) is 3.38. The summed E-state index contributed by atoms with van der Waals surface area (Å²) in [7, 11) is 0. The van der Waals surface area contributed by atoms with Crippen LogP contribution in [0, 0.1) is 13.8 Å². The first-order valence-corrected chi connectivity index (χ1v) is 7.74. The second kappa shape index (κ2) is 6.58. The van der Waals surface area contributed by atoms with E-state index in [1.807, 2.05) is 48.9 Å². The second-order valence-electron chi connectivity index (χ2n) is 5.68. The van der Waals surface area contributed by atoms with E-state index in [0.29, 0.717) is 0 Å². The summed E-state index contributed by atoms with van der Waals surface area (Å²) < 4.78 is 1.82. The monoisotopic (exact) mass is 321 g/mol. The van der Waals surface area contributed by atoms with Crippen LogP contribution < -0.4 is 5.32 Å². The Labute approximate surface area is 140 Å². The fourth-order valence-electron chi connectivity index (χ4n) is 2.63. The van der Waals surface area contributed by atoms with Crippen LogP contribution in [0.5, 0.6) is 5.75 Å². The Hall–Kier alpha value is -3.08. The molecule has 0 unspecified atom stereocenters. The number of hydrogen-bond donors (Lipinski definition) is 2. The van der Waals surface area contributed by atoms with E-state index in [2.05, 4.69) is 10.4 Å². The number of anilines is 1. The minimum atomic E-state index is -0.112. The van der Waals surface area contributed by atoms with Gasteiger partial charge in [-0.15, -0.1) is 0 Å². The Balaban J connectivity index is 1.79. The summed E-state index contributed by atoms with van der Waals surface area (Å²) in [5, 5.41) is 16.8. The average Bonchev–Trinajstić information content (AvgIpc) is 2.86. The van der Waals surface area contributed by atoms with E-state index >= 15 is 0 Å². The summed E-state index contributed by atoms with van der Waals surface area (Å²) in [6.45, 7) is 3.81. The van der Waals surface area contributed by atoms with E-state index in [1.54, 1.807) is 24.3 Å². The molecule has 0 aliphatic carbocycles. The van der Waals surface area contributed by atoms with Gasteiger partial charge in [0.05, 0.1) is 29.2 Å². The lowest BCUT2D eigenvalue weighted by Gasteiger charge is -2.07. The third kappa shape index (κ3) is 3.30. The Morgan fingerprint density at radius 2 is 1.75 bits per heavy atom. The van der Waals surface area contributed by atoms with Crippen molar-refractivity contribution in [2.45, 2.75) is 20.3 Å². The number of nitrogens with one attached hydrogen (secondary N) is 1. The number of rotatable bonds is 4. The molecule has 1 amide bonds. The molecular formula is C19H19N3O2. The highest BCUT2D eigenvalue weighted by Crippen LogP contribution is 2.23. The molecule has 0 aliphatic rings. The highest BCUT2D eigenvalue weighted by molar-refractivity contribution is 5.93. The Morgan fingerprint density at radius 3 is 2.42 bits per heavy atom. The number of aromatic hydroxyl groups is 1. The van der Waals surface area contributed by atoms with Crippen LogP contribution in [0.15, 0.2) is 54.6 Å². The Morgan fingerprint density at radius 1 is 1.08 bits per heavy atom. The van der Waals surface area contributed by atoms with E-state index < -0.39 is 0 Å². The molecule has 1 heterocycles. The summed E-state index contributed by atoms with van der Waals surface area (Å²) in [5.41, 5.74) is 4.20. The summed E-state index contributed by atoms with van der Waals surface area (Å²) in [6.07, 6.45) is 0.246. The highest BCUT2D eigenvalue weighted by Gasteiger charge is 2.15. The van der Waals surface area contributed by atoms with E-state index in [-0.39, 0.29) is 18.1 Å². The Bertz CT molecular complexity index is 852. The van der Waals surface area contributed by atoms with Crippen molar-refractivity contribution in [1.82, 2.24) is 9.78 Å². The molecule has 0 aliphatic heterocycles. The van der Waals surface area contributed by atoms with Crippen molar-refractivity contribution in [2.75, 3.05) is 5.32 Å². The second-order valence-corrected chi connectivity index (χ2v) is 5.68. The van der Waals surface area contributed by atoms with E-state index in [4.69, 9.17) is 0 Å². The van der Waals surface area contributed by atoms with Crippen LogP contribution in [-0.4, -0.2) is 20.8 Å². The topological polar surface area (TPSA) is 67.2 Å². The zero-order valence-corrected chi connectivity index (χ0v) is 13.7. The van der Waals surface area contributed by atoms with Crippen LogP contribution in [0.2, 0.25) is 0 Å². The summed E-state index contributed by atoms with van der Waals surface area (Å²) in [4.78, 5) is 12.3. The van der Waals surface area contributed by atoms with Gasteiger partial charge in [0.1, 0.15) is 5.75 Å². The molecule has 24 heavy (non-hydrogen) atoms. The normalized spacial score (nSPS) is 10.6. The van der Waals surface area contributed by atoms with E-state index in [1.165, 1.54) is 0 Å². The van der Waals surface area contributed by atoms with Gasteiger partial charge in [-0.05, 0) is 43.7 Å². The van der Waals surface area contributed by atoms with Gasteiger partial charge in [0.15, 0.2) is 0 Å². The number of nitrogens with zero attached hydrogens (tertiary/aromatic N) is 2. The lowest BCUT2D eigenvalue weighted by atomic mass is 10.1. The lowest BCUT2D eigenvalue weighted by molar-refractivity contribution is -0.115. The quantitative estimate of drug-likeness (QED) is 0.774. The van der Waals surface area contributed by atoms with Gasteiger partial charge in [-0.25, -0.2) is 4.68 Å². The number of hydrogen-bond acceptors (Lipinski definition) is 3. The summed E-state index contributed by atoms with van der Waals surface area (Å²) >= 11 is 0. The molecule has 0 saturated heterocycles. The van der Waals surface area contributed by atoms with Gasteiger partial charge in [-0.1, -0.05) is 30.3 Å². The molecule has 0 radical (unpaired) electrons. The number of phenolic OH excluding ortho intramolecular Hbond substituents is 1. The third-order valence-electron chi connectivity index (χ3n) is 3.86. The minimum absolute atomic E-state index is 0.112. The zero-order chi connectivity index (χ0) is 17.1. The van der Waals surface area contributed by atoms with Crippen LogP contribution in [0.3, 0.4) is 0 Å². The first-order chi connectivity index (χ1) is 11.5. The van der Waals surface area contributed by atoms with Crippen LogP contribution in [0.1, 0.15) is 17.0 Å². The van der Waals surface area contributed by atoms with Gasteiger partial charge >= 0.3 is 0 Å². The Kier molecular flexibility index (Phi) is 4.33. The number of carbonyl (C=O) groups excluding carboxylic acids is 1. The van der Waals surface area contributed by atoms with E-state index in [9.17, 15) is 9.90 Å². The third-order valence-corrected chi connectivity index (χ3v) is 3.86. The first kappa shape index (κ1) is 15.8. The highest BCUT2D eigenvalue weighted by atomic mass is 16.3. The molecule has 0 spiro atoms. The number of amides is 1. The maximum atomic E-state index is 12.3. The van der Waals surface area contributed by atoms with Crippen molar-refractivity contribution in [3.05, 3.63) is 71.5 Å². The molecule has 0 fully saturated rings. The van der Waals surface area contributed by atoms with Gasteiger partial charge in [-0.3, -0.25) is 4.79 Å². The predicted molar refractivity (Wildman–Crippen MR) is 93.5 cm³/mol. The molecular weight excluding hydrogens is 302 g/mol. The lowest BCUT2D eigenvalue weighted by Crippen LogP contribution is -2.15. The molecule has 0 saturated carbocycles. The molecule has 0 bridgehead atoms. The van der Waals surface area contributed by atoms with Crippen LogP contribution in [-0.2, 0) is 11.2 Å². The number of para-hydroxylation sites is 1. The molecule has 5 nitrogen and oxygen atoms in total. The van der Waals surface area contributed by atoms with Gasteiger partial charge in [0.25, 0.3) is 0 Å². The molecule has 2 aromatic carbocycles. The number of benzene rings is 2. The van der Waals surface area contributed by atoms with Crippen molar-refractivity contribution in [3.63, 3.8) is 0 Å². The van der Waals surface area contributed by atoms with Crippen molar-refractivity contribution in [1.29, 1.82) is 0 Å². The largest absolute Gasteiger partial charge is 0.508 e. The fourth-order valence-corrected chi connectivity index (χ4v) is 2.63. The maximum Gasteiger partial charge on any atom is 0.228 e. The van der Waals surface area contributed by atoms with Crippen molar-refractivity contribution in [3.8, 4) is 11.4 Å². The molecule has 3 aromatic rings.